The Hall–Kier alpha value is -2.53. The summed E-state index contributed by atoms with van der Waals surface area (Å²) in [6, 6.07) is 12.7. The van der Waals surface area contributed by atoms with Crippen LogP contribution in [0.5, 0.6) is 5.75 Å². The minimum absolute atomic E-state index is 0.141. The number of fused-ring (bicyclic) bond motifs is 1. The number of nitrogens with zero attached hydrogens (tertiary/aromatic N) is 1. The van der Waals surface area contributed by atoms with Gasteiger partial charge in [0.15, 0.2) is 12.2 Å². The fraction of sp³-hybridized carbons (Fsp3) is 0.176. The number of esters is 1. The summed E-state index contributed by atoms with van der Waals surface area (Å²) in [5, 5.41) is 5.62. The first-order chi connectivity index (χ1) is 11.2. The Morgan fingerprint density at radius 3 is 2.74 bits per heavy atom. The van der Waals surface area contributed by atoms with Crippen molar-refractivity contribution in [1.29, 1.82) is 0 Å². The van der Waals surface area contributed by atoms with E-state index >= 15 is 0 Å². The van der Waals surface area contributed by atoms with Crippen LogP contribution in [0, 0.1) is 0 Å². The number of halogens is 1. The van der Waals surface area contributed by atoms with Gasteiger partial charge in [-0.3, -0.25) is 0 Å². The van der Waals surface area contributed by atoms with E-state index < -0.39 is 5.97 Å². The summed E-state index contributed by atoms with van der Waals surface area (Å²) >= 11 is 5.90. The summed E-state index contributed by atoms with van der Waals surface area (Å²) in [5.74, 6) is 0.108. The smallest absolute Gasteiger partial charge is 0.344 e. The second-order valence-corrected chi connectivity index (χ2v) is 5.23. The van der Waals surface area contributed by atoms with Gasteiger partial charge in [0, 0.05) is 22.0 Å². The fourth-order valence-corrected chi connectivity index (χ4v) is 2.29. The molecule has 0 radical (unpaired) electrons. The molecule has 0 aliphatic carbocycles. The maximum absolute atomic E-state index is 11.3. The zero-order valence-corrected chi connectivity index (χ0v) is 13.2. The van der Waals surface area contributed by atoms with Gasteiger partial charge in [-0.05, 0) is 31.2 Å². The predicted octanol–water partition coefficient (Wildman–Crippen LogP) is 4.09. The van der Waals surface area contributed by atoms with E-state index in [-0.39, 0.29) is 6.61 Å². The lowest BCUT2D eigenvalue weighted by Gasteiger charge is -2.05. The van der Waals surface area contributed by atoms with Crippen molar-refractivity contribution in [2.24, 2.45) is 0 Å². The van der Waals surface area contributed by atoms with E-state index in [0.717, 1.165) is 16.6 Å². The number of aromatic nitrogens is 1. The third-order valence-corrected chi connectivity index (χ3v) is 3.48. The molecule has 0 saturated carbocycles. The van der Waals surface area contributed by atoms with Crippen molar-refractivity contribution in [3.05, 3.63) is 47.5 Å². The van der Waals surface area contributed by atoms with Crippen LogP contribution < -0.4 is 4.74 Å². The Balaban J connectivity index is 1.82. The maximum atomic E-state index is 11.3. The highest BCUT2D eigenvalue weighted by Crippen LogP contribution is 2.30. The molecular formula is C17H14ClNO4. The molecule has 0 saturated heterocycles. The van der Waals surface area contributed by atoms with Gasteiger partial charge in [0.2, 0.25) is 0 Å². The molecule has 3 aromatic rings. The first kappa shape index (κ1) is 15.4. The van der Waals surface area contributed by atoms with Crippen molar-refractivity contribution >= 4 is 28.5 Å². The lowest BCUT2D eigenvalue weighted by Crippen LogP contribution is -2.14. The molecule has 0 amide bonds. The van der Waals surface area contributed by atoms with Gasteiger partial charge in [-0.15, -0.1) is 0 Å². The Labute approximate surface area is 137 Å². The molecule has 1 aromatic heterocycles. The molecule has 0 bridgehead atoms. The van der Waals surface area contributed by atoms with Gasteiger partial charge in [-0.25, -0.2) is 4.79 Å². The molecule has 0 aliphatic rings. The van der Waals surface area contributed by atoms with E-state index in [1.165, 1.54) is 0 Å². The average molecular weight is 332 g/mol. The van der Waals surface area contributed by atoms with Crippen LogP contribution in [-0.4, -0.2) is 24.3 Å². The van der Waals surface area contributed by atoms with Crippen LogP contribution >= 0.6 is 11.6 Å². The van der Waals surface area contributed by atoms with E-state index in [1.807, 2.05) is 18.2 Å². The zero-order chi connectivity index (χ0) is 16.2. The molecular weight excluding hydrogens is 318 g/mol. The van der Waals surface area contributed by atoms with Crippen molar-refractivity contribution in [1.82, 2.24) is 5.16 Å². The van der Waals surface area contributed by atoms with Crippen molar-refractivity contribution in [2.75, 3.05) is 13.2 Å². The molecule has 0 N–H and O–H groups in total. The van der Waals surface area contributed by atoms with Crippen LogP contribution in [0.3, 0.4) is 0 Å². The van der Waals surface area contributed by atoms with Gasteiger partial charge in [-0.1, -0.05) is 28.9 Å². The van der Waals surface area contributed by atoms with Crippen LogP contribution in [-0.2, 0) is 9.53 Å². The molecule has 0 aliphatic heterocycles. The number of carbonyl (C=O) groups is 1. The van der Waals surface area contributed by atoms with E-state index in [4.69, 9.17) is 25.6 Å². The van der Waals surface area contributed by atoms with Crippen molar-refractivity contribution in [3.8, 4) is 17.0 Å². The molecule has 5 nitrogen and oxygen atoms in total. The van der Waals surface area contributed by atoms with Crippen molar-refractivity contribution in [3.63, 3.8) is 0 Å². The molecule has 23 heavy (non-hydrogen) atoms. The summed E-state index contributed by atoms with van der Waals surface area (Å²) in [6.45, 7) is 1.93. The van der Waals surface area contributed by atoms with E-state index in [2.05, 4.69) is 5.16 Å². The number of rotatable bonds is 5. The van der Waals surface area contributed by atoms with Crippen molar-refractivity contribution in [2.45, 2.75) is 6.92 Å². The Morgan fingerprint density at radius 2 is 2.00 bits per heavy atom. The largest absolute Gasteiger partial charge is 0.482 e. The second kappa shape index (κ2) is 6.71. The monoisotopic (exact) mass is 331 g/mol. The lowest BCUT2D eigenvalue weighted by molar-refractivity contribution is -0.145. The summed E-state index contributed by atoms with van der Waals surface area (Å²) in [5.41, 5.74) is 2.22. The van der Waals surface area contributed by atoms with Crippen LogP contribution in [0.1, 0.15) is 6.92 Å². The molecule has 0 unspecified atom stereocenters. The van der Waals surface area contributed by atoms with Crippen LogP contribution in [0.15, 0.2) is 47.0 Å². The Bertz CT molecular complexity index is 826. The van der Waals surface area contributed by atoms with Gasteiger partial charge in [0.1, 0.15) is 11.4 Å². The van der Waals surface area contributed by atoms with Gasteiger partial charge >= 0.3 is 5.97 Å². The van der Waals surface area contributed by atoms with Crippen LogP contribution in [0.25, 0.3) is 22.2 Å². The van der Waals surface area contributed by atoms with Gasteiger partial charge in [0.05, 0.1) is 6.61 Å². The first-order valence-corrected chi connectivity index (χ1v) is 7.49. The summed E-state index contributed by atoms with van der Waals surface area (Å²) < 4.78 is 15.5. The second-order valence-electron chi connectivity index (χ2n) is 4.79. The highest BCUT2D eigenvalue weighted by molar-refractivity contribution is 6.30. The standard InChI is InChI=1S/C17H14ClNO4/c1-2-21-16(20)10-22-13-7-8-14-15(9-13)23-19-17(14)11-3-5-12(18)6-4-11/h3-9H,2,10H2,1H3. The summed E-state index contributed by atoms with van der Waals surface area (Å²) in [6.07, 6.45) is 0. The highest BCUT2D eigenvalue weighted by Gasteiger charge is 2.12. The van der Waals surface area contributed by atoms with E-state index in [0.29, 0.717) is 23.0 Å². The van der Waals surface area contributed by atoms with Crippen LogP contribution in [0.4, 0.5) is 0 Å². The molecule has 0 fully saturated rings. The third-order valence-electron chi connectivity index (χ3n) is 3.22. The minimum Gasteiger partial charge on any atom is -0.482 e. The number of ether oxygens (including phenoxy) is 2. The van der Waals surface area contributed by atoms with E-state index in [9.17, 15) is 4.79 Å². The molecule has 118 valence electrons. The zero-order valence-electron chi connectivity index (χ0n) is 12.4. The van der Waals surface area contributed by atoms with Gasteiger partial charge in [0.25, 0.3) is 0 Å². The number of hydrogen-bond acceptors (Lipinski definition) is 5. The molecule has 1 heterocycles. The predicted molar refractivity (Wildman–Crippen MR) is 86.6 cm³/mol. The SMILES string of the molecule is CCOC(=O)COc1ccc2c(-c3ccc(Cl)cc3)noc2c1. The molecule has 0 spiro atoms. The summed E-state index contributed by atoms with van der Waals surface area (Å²) in [7, 11) is 0. The van der Waals surface area contributed by atoms with E-state index in [1.54, 1.807) is 31.2 Å². The van der Waals surface area contributed by atoms with Crippen LogP contribution in [0.2, 0.25) is 5.02 Å². The topological polar surface area (TPSA) is 61.6 Å². The molecule has 3 rings (SSSR count). The molecule has 6 heteroatoms. The number of benzene rings is 2. The quantitative estimate of drug-likeness (QED) is 0.659. The average Bonchev–Trinajstić information content (AvgIpc) is 2.97. The minimum atomic E-state index is -0.410. The molecule has 0 atom stereocenters. The summed E-state index contributed by atoms with van der Waals surface area (Å²) in [4.78, 5) is 11.3. The Morgan fingerprint density at radius 1 is 1.22 bits per heavy atom. The number of carbonyl (C=O) groups excluding carboxylic acids is 1. The third kappa shape index (κ3) is 3.46. The molecule has 2 aromatic carbocycles. The normalized spacial score (nSPS) is 10.7. The maximum Gasteiger partial charge on any atom is 0.344 e. The Kier molecular flexibility index (Phi) is 4.48. The lowest BCUT2D eigenvalue weighted by atomic mass is 10.1. The van der Waals surface area contributed by atoms with Gasteiger partial charge < -0.3 is 14.0 Å². The highest BCUT2D eigenvalue weighted by atomic mass is 35.5. The van der Waals surface area contributed by atoms with Gasteiger partial charge in [-0.2, -0.15) is 0 Å². The number of hydrogen-bond donors (Lipinski definition) is 0. The first-order valence-electron chi connectivity index (χ1n) is 7.11. The van der Waals surface area contributed by atoms with Crippen molar-refractivity contribution < 1.29 is 18.8 Å². The fourth-order valence-electron chi connectivity index (χ4n) is 2.17.